The fourth-order valence-corrected chi connectivity index (χ4v) is 1.85. The van der Waals surface area contributed by atoms with Crippen LogP contribution in [0, 0.1) is 0 Å². The molecule has 6 heteroatoms. The maximum absolute atomic E-state index is 9.37. The van der Waals surface area contributed by atoms with Crippen molar-refractivity contribution < 1.29 is 9.84 Å². The van der Waals surface area contributed by atoms with Crippen LogP contribution in [0.2, 0.25) is 0 Å². The van der Waals surface area contributed by atoms with E-state index in [2.05, 4.69) is 31.2 Å². The van der Waals surface area contributed by atoms with E-state index >= 15 is 0 Å². The molecule has 1 fully saturated rings. The molecule has 0 aliphatic carbocycles. The van der Waals surface area contributed by atoms with Gasteiger partial charge in [-0.1, -0.05) is 0 Å². The quantitative estimate of drug-likeness (QED) is 0.853. The third-order valence-electron chi connectivity index (χ3n) is 2.46. The second-order valence-corrected chi connectivity index (χ2v) is 4.44. The second-order valence-electron chi connectivity index (χ2n) is 3.59. The van der Waals surface area contributed by atoms with E-state index in [1.165, 1.54) is 6.33 Å². The predicted octanol–water partition coefficient (Wildman–Crippen LogP) is 0.802. The van der Waals surface area contributed by atoms with Crippen molar-refractivity contribution in [3.05, 3.63) is 17.0 Å². The van der Waals surface area contributed by atoms with E-state index < -0.39 is 5.54 Å². The molecule has 2 heterocycles. The average Bonchev–Trinajstić information content (AvgIpc) is 2.71. The molecular weight excluding hydrogens is 262 g/mol. The molecule has 2 rings (SSSR count). The number of rotatable bonds is 3. The van der Waals surface area contributed by atoms with E-state index in [1.807, 2.05) is 0 Å². The second kappa shape index (κ2) is 4.42. The van der Waals surface area contributed by atoms with Crippen molar-refractivity contribution in [3.63, 3.8) is 0 Å². The Labute approximate surface area is 96.0 Å². The molecule has 0 saturated carbocycles. The zero-order valence-corrected chi connectivity index (χ0v) is 9.70. The van der Waals surface area contributed by atoms with Gasteiger partial charge in [-0.25, -0.2) is 9.97 Å². The summed E-state index contributed by atoms with van der Waals surface area (Å²) >= 11 is 3.35. The maximum Gasteiger partial charge on any atom is 0.144 e. The largest absolute Gasteiger partial charge is 0.394 e. The van der Waals surface area contributed by atoms with Gasteiger partial charge in [-0.05, 0) is 22.4 Å². The molecule has 0 radical (unpaired) electrons. The third kappa shape index (κ3) is 2.27. The smallest absolute Gasteiger partial charge is 0.144 e. The average molecular weight is 274 g/mol. The summed E-state index contributed by atoms with van der Waals surface area (Å²) in [6, 6.07) is 0. The number of aromatic nitrogens is 2. The molecule has 2 N–H and O–H groups in total. The Morgan fingerprint density at radius 2 is 2.53 bits per heavy atom. The normalized spacial score (nSPS) is 25.5. The van der Waals surface area contributed by atoms with Crippen LogP contribution in [0.4, 0.5) is 5.82 Å². The van der Waals surface area contributed by atoms with E-state index in [-0.39, 0.29) is 6.61 Å². The predicted molar refractivity (Wildman–Crippen MR) is 58.6 cm³/mol. The third-order valence-corrected chi connectivity index (χ3v) is 3.04. The highest BCUT2D eigenvalue weighted by Crippen LogP contribution is 2.26. The first-order chi connectivity index (χ1) is 7.26. The van der Waals surface area contributed by atoms with Crippen LogP contribution in [-0.2, 0) is 4.74 Å². The highest BCUT2D eigenvalue weighted by molar-refractivity contribution is 9.10. The van der Waals surface area contributed by atoms with Crippen LogP contribution in [0.25, 0.3) is 0 Å². The lowest BCUT2D eigenvalue weighted by atomic mass is 10.0. The van der Waals surface area contributed by atoms with Crippen LogP contribution in [0.5, 0.6) is 0 Å². The molecule has 0 amide bonds. The number of nitrogens with one attached hydrogen (secondary N) is 1. The minimum atomic E-state index is -0.406. The van der Waals surface area contributed by atoms with Crippen LogP contribution in [0.15, 0.2) is 17.0 Å². The van der Waals surface area contributed by atoms with Gasteiger partial charge in [0.25, 0.3) is 0 Å². The first kappa shape index (κ1) is 10.8. The van der Waals surface area contributed by atoms with Crippen molar-refractivity contribution in [2.45, 2.75) is 12.0 Å². The SMILES string of the molecule is OCC1(Nc2ncncc2Br)CCOC1. The van der Waals surface area contributed by atoms with Gasteiger partial charge in [-0.3, -0.25) is 0 Å². The fourth-order valence-electron chi connectivity index (χ4n) is 1.53. The van der Waals surface area contributed by atoms with E-state index in [1.54, 1.807) is 6.20 Å². The highest BCUT2D eigenvalue weighted by atomic mass is 79.9. The van der Waals surface area contributed by atoms with Gasteiger partial charge < -0.3 is 15.2 Å². The summed E-state index contributed by atoms with van der Waals surface area (Å²) < 4.78 is 6.06. The van der Waals surface area contributed by atoms with E-state index in [9.17, 15) is 5.11 Å². The molecule has 15 heavy (non-hydrogen) atoms. The molecule has 1 aromatic rings. The van der Waals surface area contributed by atoms with Crippen LogP contribution in [0.3, 0.4) is 0 Å². The number of aliphatic hydroxyl groups excluding tert-OH is 1. The first-order valence-corrected chi connectivity index (χ1v) is 5.47. The molecule has 1 aliphatic heterocycles. The van der Waals surface area contributed by atoms with Gasteiger partial charge in [-0.15, -0.1) is 0 Å². The molecule has 1 aromatic heterocycles. The minimum absolute atomic E-state index is 0.0312. The van der Waals surface area contributed by atoms with Crippen molar-refractivity contribution in [2.75, 3.05) is 25.1 Å². The molecular formula is C9H12BrN3O2. The number of nitrogens with zero attached hydrogens (tertiary/aromatic N) is 2. The Morgan fingerprint density at radius 1 is 1.67 bits per heavy atom. The first-order valence-electron chi connectivity index (χ1n) is 4.68. The Balaban J connectivity index is 2.16. The van der Waals surface area contributed by atoms with Gasteiger partial charge in [0.15, 0.2) is 0 Å². The highest BCUT2D eigenvalue weighted by Gasteiger charge is 2.34. The molecule has 0 spiro atoms. The molecule has 82 valence electrons. The van der Waals surface area contributed by atoms with Gasteiger partial charge in [0.05, 0.1) is 23.2 Å². The van der Waals surface area contributed by atoms with Gasteiger partial charge in [0.1, 0.15) is 12.1 Å². The van der Waals surface area contributed by atoms with Crippen molar-refractivity contribution in [1.29, 1.82) is 0 Å². The molecule has 1 unspecified atom stereocenters. The lowest BCUT2D eigenvalue weighted by Crippen LogP contribution is -2.43. The number of hydrogen-bond donors (Lipinski definition) is 2. The van der Waals surface area contributed by atoms with Crippen molar-refractivity contribution in [1.82, 2.24) is 9.97 Å². The lowest BCUT2D eigenvalue weighted by Gasteiger charge is -2.27. The number of aliphatic hydroxyl groups is 1. The van der Waals surface area contributed by atoms with Crippen molar-refractivity contribution in [3.8, 4) is 0 Å². The molecule has 1 saturated heterocycles. The van der Waals surface area contributed by atoms with Gasteiger partial charge in [0.2, 0.25) is 0 Å². The van der Waals surface area contributed by atoms with Crippen molar-refractivity contribution >= 4 is 21.7 Å². The minimum Gasteiger partial charge on any atom is -0.394 e. The van der Waals surface area contributed by atoms with Crippen LogP contribution >= 0.6 is 15.9 Å². The molecule has 0 aromatic carbocycles. The number of halogens is 1. The Kier molecular flexibility index (Phi) is 3.18. The Hall–Kier alpha value is -0.720. The molecule has 5 nitrogen and oxygen atoms in total. The molecule has 1 aliphatic rings. The zero-order chi connectivity index (χ0) is 10.7. The van der Waals surface area contributed by atoms with Crippen LogP contribution in [0.1, 0.15) is 6.42 Å². The summed E-state index contributed by atoms with van der Waals surface area (Å²) in [5.41, 5.74) is -0.406. The van der Waals surface area contributed by atoms with Gasteiger partial charge in [0, 0.05) is 12.8 Å². The summed E-state index contributed by atoms with van der Waals surface area (Å²) in [5.74, 6) is 0.685. The van der Waals surface area contributed by atoms with Crippen LogP contribution in [-0.4, -0.2) is 40.4 Å². The van der Waals surface area contributed by atoms with Crippen LogP contribution < -0.4 is 5.32 Å². The lowest BCUT2D eigenvalue weighted by molar-refractivity contribution is 0.152. The monoisotopic (exact) mass is 273 g/mol. The maximum atomic E-state index is 9.37. The van der Waals surface area contributed by atoms with Gasteiger partial charge >= 0.3 is 0 Å². The van der Waals surface area contributed by atoms with E-state index in [0.717, 1.165) is 10.9 Å². The number of hydrogen-bond acceptors (Lipinski definition) is 5. The summed E-state index contributed by atoms with van der Waals surface area (Å²) in [6.45, 7) is 1.19. The Bertz CT molecular complexity index is 342. The standard InChI is InChI=1S/C9H12BrN3O2/c10-7-3-11-6-12-8(7)13-9(4-14)1-2-15-5-9/h3,6,14H,1-2,4-5H2,(H,11,12,13). The number of anilines is 1. The Morgan fingerprint density at radius 3 is 3.13 bits per heavy atom. The van der Waals surface area contributed by atoms with Crippen molar-refractivity contribution in [2.24, 2.45) is 0 Å². The fraction of sp³-hybridized carbons (Fsp3) is 0.556. The topological polar surface area (TPSA) is 67.3 Å². The summed E-state index contributed by atoms with van der Waals surface area (Å²) in [4.78, 5) is 7.98. The summed E-state index contributed by atoms with van der Waals surface area (Å²) in [6.07, 6.45) is 3.91. The number of ether oxygens (including phenoxy) is 1. The van der Waals surface area contributed by atoms with Gasteiger partial charge in [-0.2, -0.15) is 0 Å². The molecule has 1 atom stereocenters. The summed E-state index contributed by atoms with van der Waals surface area (Å²) in [7, 11) is 0. The van der Waals surface area contributed by atoms with E-state index in [0.29, 0.717) is 19.0 Å². The molecule has 0 bridgehead atoms. The summed E-state index contributed by atoms with van der Waals surface area (Å²) in [5, 5.41) is 12.6. The zero-order valence-electron chi connectivity index (χ0n) is 8.11. The van der Waals surface area contributed by atoms with E-state index in [4.69, 9.17) is 4.74 Å².